The highest BCUT2D eigenvalue weighted by Gasteiger charge is 2.20. The maximum Gasteiger partial charge on any atom is 0.326 e. The molecule has 17 heavy (non-hydrogen) atoms. The molecule has 0 aliphatic heterocycles. The number of nitrogens with zero attached hydrogens (tertiary/aromatic N) is 1. The number of pyridine rings is 1. The molecular weight excluding hydrogens is 248 g/mol. The highest BCUT2D eigenvalue weighted by Crippen LogP contribution is 2.05. The summed E-state index contributed by atoms with van der Waals surface area (Å²) in [6, 6.07) is 3.31. The molecule has 0 aliphatic rings. The Kier molecular flexibility index (Phi) is 4.86. The number of hydrogen-bond donors (Lipinski definition) is 3. The summed E-state index contributed by atoms with van der Waals surface area (Å²) in [5.74, 6) is -1.86. The van der Waals surface area contributed by atoms with E-state index in [0.29, 0.717) is 0 Å². The molecule has 92 valence electrons. The van der Waals surface area contributed by atoms with E-state index < -0.39 is 17.9 Å². The van der Waals surface area contributed by atoms with Gasteiger partial charge < -0.3 is 15.5 Å². The number of carboxylic acids is 1. The zero-order valence-electron chi connectivity index (χ0n) is 8.76. The van der Waals surface area contributed by atoms with Crippen molar-refractivity contribution in [3.8, 4) is 0 Å². The monoisotopic (exact) mass is 258 g/mol. The normalized spacial score (nSPS) is 11.9. The molecule has 0 saturated heterocycles. The van der Waals surface area contributed by atoms with Gasteiger partial charge in [-0.3, -0.25) is 4.79 Å². The number of aliphatic hydroxyl groups is 1. The van der Waals surface area contributed by atoms with Crippen LogP contribution in [0.25, 0.3) is 0 Å². The number of carbonyl (C=O) groups is 2. The van der Waals surface area contributed by atoms with E-state index >= 15 is 0 Å². The maximum atomic E-state index is 11.6. The lowest BCUT2D eigenvalue weighted by Crippen LogP contribution is -2.41. The van der Waals surface area contributed by atoms with Gasteiger partial charge in [-0.15, -0.1) is 0 Å². The summed E-state index contributed by atoms with van der Waals surface area (Å²) in [7, 11) is 0. The van der Waals surface area contributed by atoms with Crippen LogP contribution in [0.5, 0.6) is 0 Å². The summed E-state index contributed by atoms with van der Waals surface area (Å²) in [6.45, 7) is -0.333. The van der Waals surface area contributed by atoms with Crippen LogP contribution in [-0.4, -0.2) is 39.7 Å². The van der Waals surface area contributed by atoms with Crippen molar-refractivity contribution >= 4 is 23.5 Å². The Morgan fingerprint density at radius 1 is 1.47 bits per heavy atom. The van der Waals surface area contributed by atoms with Crippen molar-refractivity contribution in [3.63, 3.8) is 0 Å². The van der Waals surface area contributed by atoms with Crippen molar-refractivity contribution in [2.75, 3.05) is 6.61 Å². The largest absolute Gasteiger partial charge is 0.480 e. The summed E-state index contributed by atoms with van der Waals surface area (Å²) in [5.41, 5.74) is 0.0293. The zero-order valence-corrected chi connectivity index (χ0v) is 9.52. The smallest absolute Gasteiger partial charge is 0.326 e. The second-order valence-electron chi connectivity index (χ2n) is 3.22. The molecule has 1 amide bonds. The highest BCUT2D eigenvalue weighted by atomic mass is 35.5. The minimum atomic E-state index is -1.21. The molecule has 1 aromatic heterocycles. The summed E-state index contributed by atoms with van der Waals surface area (Å²) in [5, 5.41) is 19.8. The third-order valence-corrected chi connectivity index (χ3v) is 2.18. The van der Waals surface area contributed by atoms with Gasteiger partial charge in [0.25, 0.3) is 5.91 Å². The molecule has 0 saturated carbocycles. The van der Waals surface area contributed by atoms with Gasteiger partial charge in [-0.2, -0.15) is 0 Å². The summed E-state index contributed by atoms with van der Waals surface area (Å²) >= 11 is 5.60. The van der Waals surface area contributed by atoms with Crippen molar-refractivity contribution in [3.05, 3.63) is 29.0 Å². The second kappa shape index (κ2) is 6.17. The molecule has 1 heterocycles. The molecule has 0 aromatic carbocycles. The lowest BCUT2D eigenvalue weighted by Gasteiger charge is -2.12. The van der Waals surface area contributed by atoms with Gasteiger partial charge in [0.2, 0.25) is 0 Å². The van der Waals surface area contributed by atoms with Crippen LogP contribution in [0.1, 0.15) is 16.9 Å². The SMILES string of the molecule is O=C(NC(CCO)C(=O)O)c1cccc(Cl)n1. The van der Waals surface area contributed by atoms with Gasteiger partial charge in [-0.1, -0.05) is 17.7 Å². The number of carboxylic acid groups (broad SMARTS) is 1. The first-order chi connectivity index (χ1) is 8.04. The zero-order chi connectivity index (χ0) is 12.8. The van der Waals surface area contributed by atoms with Crippen molar-refractivity contribution in [1.82, 2.24) is 10.3 Å². The van der Waals surface area contributed by atoms with Crippen molar-refractivity contribution in [2.24, 2.45) is 0 Å². The van der Waals surface area contributed by atoms with Crippen LogP contribution in [0.15, 0.2) is 18.2 Å². The minimum Gasteiger partial charge on any atom is -0.480 e. The van der Waals surface area contributed by atoms with Crippen LogP contribution in [0.3, 0.4) is 0 Å². The average Bonchev–Trinajstić information content (AvgIpc) is 2.28. The molecule has 1 rings (SSSR count). The number of carbonyl (C=O) groups excluding carboxylic acids is 1. The Bertz CT molecular complexity index is 425. The van der Waals surface area contributed by atoms with Gasteiger partial charge in [-0.25, -0.2) is 9.78 Å². The molecular formula is C10H11ClN2O4. The third kappa shape index (κ3) is 4.01. The molecule has 0 fully saturated rings. The van der Waals surface area contributed by atoms with Crippen LogP contribution in [-0.2, 0) is 4.79 Å². The minimum absolute atomic E-state index is 0.0293. The van der Waals surface area contributed by atoms with Crippen LogP contribution in [0.4, 0.5) is 0 Å². The highest BCUT2D eigenvalue weighted by molar-refractivity contribution is 6.29. The van der Waals surface area contributed by atoms with Crippen molar-refractivity contribution < 1.29 is 19.8 Å². The van der Waals surface area contributed by atoms with E-state index in [1.807, 2.05) is 0 Å². The number of hydrogen-bond acceptors (Lipinski definition) is 4. The fourth-order valence-electron chi connectivity index (χ4n) is 1.15. The van der Waals surface area contributed by atoms with Crippen molar-refractivity contribution in [1.29, 1.82) is 0 Å². The number of aliphatic carboxylic acids is 1. The van der Waals surface area contributed by atoms with E-state index in [1.54, 1.807) is 0 Å². The first kappa shape index (κ1) is 13.4. The molecule has 0 radical (unpaired) electrons. The number of amides is 1. The third-order valence-electron chi connectivity index (χ3n) is 1.97. The van der Waals surface area contributed by atoms with E-state index in [9.17, 15) is 9.59 Å². The second-order valence-corrected chi connectivity index (χ2v) is 3.61. The van der Waals surface area contributed by atoms with Crippen LogP contribution in [0, 0.1) is 0 Å². The maximum absolute atomic E-state index is 11.6. The molecule has 0 aliphatic carbocycles. The Labute approximate surface area is 102 Å². The van der Waals surface area contributed by atoms with Gasteiger partial charge in [0.15, 0.2) is 0 Å². The van der Waals surface area contributed by atoms with E-state index in [4.69, 9.17) is 21.8 Å². The Hall–Kier alpha value is -1.66. The Morgan fingerprint density at radius 2 is 2.18 bits per heavy atom. The van der Waals surface area contributed by atoms with Crippen LogP contribution >= 0.6 is 11.6 Å². The number of nitrogens with one attached hydrogen (secondary N) is 1. The average molecular weight is 259 g/mol. The number of aliphatic hydroxyl groups excluding tert-OH is 1. The van der Waals surface area contributed by atoms with Crippen LogP contribution < -0.4 is 5.32 Å². The molecule has 7 heteroatoms. The first-order valence-corrected chi connectivity index (χ1v) is 5.19. The Morgan fingerprint density at radius 3 is 2.71 bits per heavy atom. The summed E-state index contributed by atoms with van der Waals surface area (Å²) in [6.07, 6.45) is -0.0678. The van der Waals surface area contributed by atoms with Crippen molar-refractivity contribution in [2.45, 2.75) is 12.5 Å². The molecule has 6 nitrogen and oxygen atoms in total. The molecule has 1 aromatic rings. The quantitative estimate of drug-likeness (QED) is 0.660. The molecule has 3 N–H and O–H groups in total. The van der Waals surface area contributed by atoms with E-state index in [1.165, 1.54) is 18.2 Å². The van der Waals surface area contributed by atoms with Gasteiger partial charge >= 0.3 is 5.97 Å². The van der Waals surface area contributed by atoms with Gasteiger partial charge in [0.05, 0.1) is 0 Å². The lowest BCUT2D eigenvalue weighted by molar-refractivity contribution is -0.139. The fourth-order valence-corrected chi connectivity index (χ4v) is 1.32. The number of aromatic nitrogens is 1. The number of halogens is 1. The van der Waals surface area contributed by atoms with Gasteiger partial charge in [0.1, 0.15) is 16.9 Å². The van der Waals surface area contributed by atoms with Gasteiger partial charge in [0, 0.05) is 13.0 Å². The molecule has 0 bridgehead atoms. The molecule has 1 unspecified atom stereocenters. The van der Waals surface area contributed by atoms with E-state index in [0.717, 1.165) is 0 Å². The van der Waals surface area contributed by atoms with E-state index in [-0.39, 0.29) is 23.9 Å². The lowest BCUT2D eigenvalue weighted by atomic mass is 10.2. The summed E-state index contributed by atoms with van der Waals surface area (Å²) in [4.78, 5) is 26.1. The van der Waals surface area contributed by atoms with E-state index in [2.05, 4.69) is 10.3 Å². The predicted molar refractivity (Wildman–Crippen MR) is 59.8 cm³/mol. The summed E-state index contributed by atoms with van der Waals surface area (Å²) < 4.78 is 0. The number of rotatable bonds is 5. The first-order valence-electron chi connectivity index (χ1n) is 4.81. The Balaban J connectivity index is 2.73. The predicted octanol–water partition coefficient (Wildman–Crippen LogP) is 0.300. The fraction of sp³-hybridized carbons (Fsp3) is 0.300. The van der Waals surface area contributed by atoms with Crippen LogP contribution in [0.2, 0.25) is 5.15 Å². The van der Waals surface area contributed by atoms with Gasteiger partial charge in [-0.05, 0) is 12.1 Å². The standard InChI is InChI=1S/C10H11ClN2O4/c11-8-3-1-2-6(12-8)9(15)13-7(4-5-14)10(16)17/h1-3,7,14H,4-5H2,(H,13,15)(H,16,17). The molecule has 1 atom stereocenters. The molecule has 0 spiro atoms. The topological polar surface area (TPSA) is 99.5 Å².